The van der Waals surface area contributed by atoms with Crippen LogP contribution >= 0.6 is 0 Å². The smallest absolute Gasteiger partial charge is 0.237 e. The summed E-state index contributed by atoms with van der Waals surface area (Å²) in [4.78, 5) is 11.6. The third-order valence-electron chi connectivity index (χ3n) is 2.61. The molecule has 0 aliphatic heterocycles. The summed E-state index contributed by atoms with van der Waals surface area (Å²) in [6, 6.07) is 0.198. The average Bonchev–Trinajstić information content (AvgIpc) is 2.66. The molecule has 1 amide bonds. The quantitative estimate of drug-likeness (QED) is 0.645. The topological polar surface area (TPSA) is 41.1 Å². The van der Waals surface area contributed by atoms with Gasteiger partial charge in [-0.2, -0.15) is 0 Å². The van der Waals surface area contributed by atoms with E-state index >= 15 is 0 Å². The lowest BCUT2D eigenvalue weighted by molar-refractivity contribution is -0.123. The second-order valence-corrected chi connectivity index (χ2v) is 3.80. The van der Waals surface area contributed by atoms with Crippen molar-refractivity contribution in [1.82, 2.24) is 10.6 Å². The molecule has 1 atom stereocenters. The molecule has 1 saturated carbocycles. The maximum atomic E-state index is 11.6. The zero-order chi connectivity index (χ0) is 10.4. The zero-order valence-electron chi connectivity index (χ0n) is 8.68. The Kier molecular flexibility index (Phi) is 4.48. The van der Waals surface area contributed by atoms with Gasteiger partial charge in [-0.15, -0.1) is 6.42 Å². The van der Waals surface area contributed by atoms with Crippen LogP contribution in [-0.4, -0.2) is 24.5 Å². The molecule has 0 saturated heterocycles. The Morgan fingerprint density at radius 1 is 1.57 bits per heavy atom. The van der Waals surface area contributed by atoms with E-state index in [-0.39, 0.29) is 11.9 Å². The van der Waals surface area contributed by atoms with Crippen molar-refractivity contribution < 1.29 is 4.79 Å². The van der Waals surface area contributed by atoms with Crippen LogP contribution in [0, 0.1) is 12.3 Å². The minimum Gasteiger partial charge on any atom is -0.352 e. The summed E-state index contributed by atoms with van der Waals surface area (Å²) in [6.07, 6.45) is 9.80. The van der Waals surface area contributed by atoms with Gasteiger partial charge in [-0.25, -0.2) is 0 Å². The van der Waals surface area contributed by atoms with E-state index in [0.29, 0.717) is 12.6 Å². The van der Waals surface area contributed by atoms with E-state index in [0.717, 1.165) is 12.8 Å². The first-order valence-corrected chi connectivity index (χ1v) is 5.21. The highest BCUT2D eigenvalue weighted by molar-refractivity contribution is 5.81. The number of nitrogens with one attached hydrogen (secondary N) is 2. The Labute approximate surface area is 85.6 Å². The molecule has 14 heavy (non-hydrogen) atoms. The zero-order valence-corrected chi connectivity index (χ0v) is 8.68. The molecule has 3 heteroatoms. The first-order chi connectivity index (χ1) is 6.74. The van der Waals surface area contributed by atoms with Crippen molar-refractivity contribution in [1.29, 1.82) is 0 Å². The Balaban J connectivity index is 2.22. The van der Waals surface area contributed by atoms with E-state index in [4.69, 9.17) is 6.42 Å². The maximum absolute atomic E-state index is 11.6. The SMILES string of the molecule is C#CCNC(C)C(=O)NC1CCCC1. The molecule has 2 N–H and O–H groups in total. The number of terminal acetylenes is 1. The monoisotopic (exact) mass is 194 g/mol. The number of hydrogen-bond donors (Lipinski definition) is 2. The molecule has 1 rings (SSSR count). The van der Waals surface area contributed by atoms with Gasteiger partial charge in [-0.3, -0.25) is 10.1 Å². The molecule has 0 aromatic carbocycles. The molecular weight excluding hydrogens is 176 g/mol. The molecule has 0 bridgehead atoms. The van der Waals surface area contributed by atoms with Crippen LogP contribution in [0.4, 0.5) is 0 Å². The highest BCUT2D eigenvalue weighted by Gasteiger charge is 2.19. The van der Waals surface area contributed by atoms with Crippen LogP contribution in [0.15, 0.2) is 0 Å². The summed E-state index contributed by atoms with van der Waals surface area (Å²) in [5.41, 5.74) is 0. The highest BCUT2D eigenvalue weighted by atomic mass is 16.2. The van der Waals surface area contributed by atoms with Crippen LogP contribution in [0.2, 0.25) is 0 Å². The Hall–Kier alpha value is -1.01. The van der Waals surface area contributed by atoms with Crippen molar-refractivity contribution in [2.45, 2.75) is 44.7 Å². The lowest BCUT2D eigenvalue weighted by Crippen LogP contribution is -2.45. The van der Waals surface area contributed by atoms with Gasteiger partial charge in [0.15, 0.2) is 0 Å². The van der Waals surface area contributed by atoms with Crippen molar-refractivity contribution in [3.63, 3.8) is 0 Å². The van der Waals surface area contributed by atoms with E-state index in [9.17, 15) is 4.79 Å². The third kappa shape index (κ3) is 3.39. The maximum Gasteiger partial charge on any atom is 0.237 e. The molecule has 0 aromatic rings. The van der Waals surface area contributed by atoms with Gasteiger partial charge in [-0.05, 0) is 19.8 Å². The van der Waals surface area contributed by atoms with Crippen LogP contribution in [0.25, 0.3) is 0 Å². The van der Waals surface area contributed by atoms with Crippen LogP contribution in [0.1, 0.15) is 32.6 Å². The molecule has 0 aromatic heterocycles. The Bertz CT molecular complexity index is 226. The van der Waals surface area contributed by atoms with Crippen LogP contribution in [0.5, 0.6) is 0 Å². The second-order valence-electron chi connectivity index (χ2n) is 3.80. The fourth-order valence-corrected chi connectivity index (χ4v) is 1.70. The molecule has 1 unspecified atom stereocenters. The minimum absolute atomic E-state index is 0.0622. The van der Waals surface area contributed by atoms with Gasteiger partial charge in [0.1, 0.15) is 0 Å². The largest absolute Gasteiger partial charge is 0.352 e. The number of carbonyl (C=O) groups is 1. The predicted octanol–water partition coefficient (Wildman–Crippen LogP) is 0.656. The summed E-state index contributed by atoms with van der Waals surface area (Å²) < 4.78 is 0. The van der Waals surface area contributed by atoms with E-state index < -0.39 is 0 Å². The average molecular weight is 194 g/mol. The highest BCUT2D eigenvalue weighted by Crippen LogP contribution is 2.17. The van der Waals surface area contributed by atoms with Gasteiger partial charge < -0.3 is 5.32 Å². The predicted molar refractivity (Wildman–Crippen MR) is 56.7 cm³/mol. The van der Waals surface area contributed by atoms with Gasteiger partial charge in [-0.1, -0.05) is 18.8 Å². The summed E-state index contributed by atoms with van der Waals surface area (Å²) in [5.74, 6) is 2.52. The van der Waals surface area contributed by atoms with Crippen LogP contribution in [0.3, 0.4) is 0 Å². The first-order valence-electron chi connectivity index (χ1n) is 5.21. The second kappa shape index (κ2) is 5.66. The molecule has 78 valence electrons. The van der Waals surface area contributed by atoms with Crippen LogP contribution < -0.4 is 10.6 Å². The van der Waals surface area contributed by atoms with Gasteiger partial charge >= 0.3 is 0 Å². The van der Waals surface area contributed by atoms with Crippen LogP contribution in [-0.2, 0) is 4.79 Å². The summed E-state index contributed by atoms with van der Waals surface area (Å²) >= 11 is 0. The lowest BCUT2D eigenvalue weighted by Gasteiger charge is -2.16. The standard InChI is InChI=1S/C11H18N2O/c1-3-8-12-9(2)11(14)13-10-6-4-5-7-10/h1,9-10,12H,4-8H2,2H3,(H,13,14). The summed E-state index contributed by atoms with van der Waals surface area (Å²) in [7, 11) is 0. The van der Waals surface area contributed by atoms with E-state index in [1.165, 1.54) is 12.8 Å². The number of hydrogen-bond acceptors (Lipinski definition) is 2. The lowest BCUT2D eigenvalue weighted by atomic mass is 10.2. The molecule has 0 radical (unpaired) electrons. The van der Waals surface area contributed by atoms with Crippen molar-refractivity contribution >= 4 is 5.91 Å². The van der Waals surface area contributed by atoms with Gasteiger partial charge in [0.05, 0.1) is 12.6 Å². The molecule has 1 aliphatic carbocycles. The van der Waals surface area contributed by atoms with E-state index in [2.05, 4.69) is 16.6 Å². The number of carbonyl (C=O) groups excluding carboxylic acids is 1. The number of amides is 1. The van der Waals surface area contributed by atoms with Gasteiger partial charge in [0.2, 0.25) is 5.91 Å². The molecule has 3 nitrogen and oxygen atoms in total. The Morgan fingerprint density at radius 3 is 2.79 bits per heavy atom. The van der Waals surface area contributed by atoms with E-state index in [1.807, 2.05) is 6.92 Å². The summed E-state index contributed by atoms with van der Waals surface area (Å²) in [5, 5.41) is 5.98. The van der Waals surface area contributed by atoms with Crippen molar-refractivity contribution in [2.24, 2.45) is 0 Å². The summed E-state index contributed by atoms with van der Waals surface area (Å²) in [6.45, 7) is 2.28. The fraction of sp³-hybridized carbons (Fsp3) is 0.727. The minimum atomic E-state index is -0.188. The first kappa shape index (κ1) is 11.1. The van der Waals surface area contributed by atoms with Crippen molar-refractivity contribution in [3.8, 4) is 12.3 Å². The van der Waals surface area contributed by atoms with Crippen molar-refractivity contribution in [2.75, 3.05) is 6.54 Å². The van der Waals surface area contributed by atoms with Gasteiger partial charge in [0.25, 0.3) is 0 Å². The number of rotatable bonds is 4. The fourth-order valence-electron chi connectivity index (χ4n) is 1.70. The Morgan fingerprint density at radius 2 is 2.21 bits per heavy atom. The van der Waals surface area contributed by atoms with Gasteiger partial charge in [0, 0.05) is 6.04 Å². The third-order valence-corrected chi connectivity index (χ3v) is 2.61. The molecular formula is C11H18N2O. The van der Waals surface area contributed by atoms with E-state index in [1.54, 1.807) is 0 Å². The normalized spacial score (nSPS) is 18.9. The molecule has 0 heterocycles. The molecule has 1 aliphatic rings. The molecule has 0 spiro atoms. The molecule has 1 fully saturated rings. The van der Waals surface area contributed by atoms with Crippen molar-refractivity contribution in [3.05, 3.63) is 0 Å².